The molecule has 18 heavy (non-hydrogen) atoms. The number of aliphatic carboxylic acids is 1. The number of likely N-dealkylation sites (N-methyl/N-ethyl adjacent to an activating group) is 1. The Labute approximate surface area is 105 Å². The molecule has 1 heterocycles. The molecule has 0 bridgehead atoms. The molecule has 0 aliphatic rings. The average Bonchev–Trinajstić information content (AvgIpc) is 2.85. The highest BCUT2D eigenvalue weighted by Crippen LogP contribution is 1.96. The van der Waals surface area contributed by atoms with Crippen LogP contribution in [0.4, 0.5) is 4.79 Å². The maximum absolute atomic E-state index is 11.6. The Morgan fingerprint density at radius 2 is 2.28 bits per heavy atom. The predicted molar refractivity (Wildman–Crippen MR) is 65.1 cm³/mol. The monoisotopic (exact) mass is 254 g/mol. The fourth-order valence-corrected chi connectivity index (χ4v) is 1.34. The summed E-state index contributed by atoms with van der Waals surface area (Å²) in [7, 11) is 1.46. The molecule has 0 saturated carbocycles. The number of carboxylic acid groups (broad SMARTS) is 1. The molecule has 0 saturated heterocycles. The van der Waals surface area contributed by atoms with Gasteiger partial charge in [-0.1, -0.05) is 0 Å². The lowest BCUT2D eigenvalue weighted by Gasteiger charge is -2.21. The first-order valence-electron chi connectivity index (χ1n) is 5.73. The number of aromatic nitrogens is 2. The van der Waals surface area contributed by atoms with Crippen molar-refractivity contribution < 1.29 is 14.7 Å². The van der Waals surface area contributed by atoms with Crippen LogP contribution in [-0.2, 0) is 11.3 Å². The summed E-state index contributed by atoms with van der Waals surface area (Å²) < 4.78 is 1.77. The van der Waals surface area contributed by atoms with E-state index in [4.69, 9.17) is 5.11 Å². The number of nitrogens with one attached hydrogen (secondary N) is 1. The number of carbonyl (C=O) groups excluding carboxylic acids is 1. The normalized spacial score (nSPS) is 11.9. The molecular weight excluding hydrogens is 236 g/mol. The molecule has 2 amide bonds. The van der Waals surface area contributed by atoms with Gasteiger partial charge < -0.3 is 15.3 Å². The van der Waals surface area contributed by atoms with Crippen LogP contribution in [0.2, 0.25) is 0 Å². The van der Waals surface area contributed by atoms with Crippen LogP contribution in [0, 0.1) is 0 Å². The van der Waals surface area contributed by atoms with Gasteiger partial charge in [0, 0.05) is 32.5 Å². The van der Waals surface area contributed by atoms with Crippen LogP contribution in [0.1, 0.15) is 13.3 Å². The van der Waals surface area contributed by atoms with Crippen molar-refractivity contribution in [2.24, 2.45) is 0 Å². The van der Waals surface area contributed by atoms with Gasteiger partial charge in [-0.15, -0.1) is 0 Å². The Bertz CT molecular complexity index is 391. The second-order valence-corrected chi connectivity index (χ2v) is 3.98. The summed E-state index contributed by atoms with van der Waals surface area (Å²) >= 11 is 0. The van der Waals surface area contributed by atoms with E-state index in [2.05, 4.69) is 10.4 Å². The number of nitrogens with zero attached hydrogens (tertiary/aromatic N) is 3. The van der Waals surface area contributed by atoms with E-state index in [1.807, 2.05) is 12.3 Å². The Morgan fingerprint density at radius 3 is 2.83 bits per heavy atom. The highest BCUT2D eigenvalue weighted by Gasteiger charge is 2.20. The van der Waals surface area contributed by atoms with Crippen LogP contribution in [0.25, 0.3) is 0 Å². The number of hydrogen-bond donors (Lipinski definition) is 2. The molecule has 7 nitrogen and oxygen atoms in total. The van der Waals surface area contributed by atoms with Crippen molar-refractivity contribution in [3.63, 3.8) is 0 Å². The predicted octanol–water partition coefficient (Wildman–Crippen LogP) is 0.388. The van der Waals surface area contributed by atoms with Gasteiger partial charge in [-0.2, -0.15) is 5.10 Å². The molecule has 2 N–H and O–H groups in total. The van der Waals surface area contributed by atoms with E-state index in [1.54, 1.807) is 10.9 Å². The first-order valence-corrected chi connectivity index (χ1v) is 5.73. The maximum atomic E-state index is 11.6. The second-order valence-electron chi connectivity index (χ2n) is 3.98. The van der Waals surface area contributed by atoms with Crippen molar-refractivity contribution >= 4 is 12.0 Å². The van der Waals surface area contributed by atoms with Crippen molar-refractivity contribution in [1.29, 1.82) is 0 Å². The third kappa shape index (κ3) is 4.08. The van der Waals surface area contributed by atoms with Gasteiger partial charge in [0.2, 0.25) is 0 Å². The van der Waals surface area contributed by atoms with E-state index in [-0.39, 0.29) is 6.03 Å². The fraction of sp³-hybridized carbons (Fsp3) is 0.545. The van der Waals surface area contributed by atoms with Gasteiger partial charge in [-0.05, 0) is 19.4 Å². The molecule has 0 aromatic carbocycles. The second kappa shape index (κ2) is 6.63. The topological polar surface area (TPSA) is 87.5 Å². The van der Waals surface area contributed by atoms with E-state index >= 15 is 0 Å². The van der Waals surface area contributed by atoms with Crippen molar-refractivity contribution in [1.82, 2.24) is 20.0 Å². The summed E-state index contributed by atoms with van der Waals surface area (Å²) in [6.07, 6.45) is 4.28. The Hall–Kier alpha value is -2.05. The van der Waals surface area contributed by atoms with E-state index in [0.29, 0.717) is 13.1 Å². The van der Waals surface area contributed by atoms with Gasteiger partial charge in [-0.3, -0.25) is 4.68 Å². The number of carbonyl (C=O) groups is 2. The van der Waals surface area contributed by atoms with Gasteiger partial charge in [-0.25, -0.2) is 9.59 Å². The van der Waals surface area contributed by atoms with Crippen molar-refractivity contribution in [2.45, 2.75) is 25.9 Å². The van der Waals surface area contributed by atoms with E-state index in [0.717, 1.165) is 11.3 Å². The number of aryl methyl sites for hydroxylation is 1. The minimum atomic E-state index is -1.02. The molecule has 0 radical (unpaired) electrons. The summed E-state index contributed by atoms with van der Waals surface area (Å²) in [6, 6.07) is 0.613. The molecule has 1 rings (SSSR count). The smallest absolute Gasteiger partial charge is 0.326 e. The van der Waals surface area contributed by atoms with Gasteiger partial charge >= 0.3 is 12.0 Å². The number of amides is 2. The fourth-order valence-electron chi connectivity index (χ4n) is 1.34. The molecule has 7 heteroatoms. The first-order chi connectivity index (χ1) is 8.52. The molecule has 0 fully saturated rings. The molecule has 0 spiro atoms. The van der Waals surface area contributed by atoms with Crippen LogP contribution in [0.15, 0.2) is 18.5 Å². The lowest BCUT2D eigenvalue weighted by atomic mass is 10.3. The van der Waals surface area contributed by atoms with Gasteiger partial charge in [0.15, 0.2) is 0 Å². The molecule has 1 atom stereocenters. The van der Waals surface area contributed by atoms with E-state index in [1.165, 1.54) is 14.0 Å². The summed E-state index contributed by atoms with van der Waals surface area (Å²) in [5.41, 5.74) is 0. The molecule has 1 aromatic rings. The first kappa shape index (κ1) is 14.0. The van der Waals surface area contributed by atoms with Crippen molar-refractivity contribution in [2.75, 3.05) is 13.6 Å². The quantitative estimate of drug-likeness (QED) is 0.719. The maximum Gasteiger partial charge on any atom is 0.326 e. The van der Waals surface area contributed by atoms with Crippen LogP contribution in [-0.4, -0.2) is 51.4 Å². The molecule has 1 unspecified atom stereocenters. The summed E-state index contributed by atoms with van der Waals surface area (Å²) in [5, 5.41) is 15.5. The molecule has 0 aliphatic heterocycles. The van der Waals surface area contributed by atoms with E-state index < -0.39 is 12.0 Å². The van der Waals surface area contributed by atoms with Crippen LogP contribution < -0.4 is 5.32 Å². The molecular formula is C11H18N4O3. The zero-order valence-corrected chi connectivity index (χ0v) is 10.5. The lowest BCUT2D eigenvalue weighted by Crippen LogP contribution is -2.46. The minimum Gasteiger partial charge on any atom is -0.480 e. The summed E-state index contributed by atoms with van der Waals surface area (Å²) in [5.74, 6) is -1.02. The molecule has 100 valence electrons. The number of rotatable bonds is 6. The Morgan fingerprint density at radius 1 is 1.56 bits per heavy atom. The lowest BCUT2D eigenvalue weighted by molar-refractivity contribution is -0.141. The summed E-state index contributed by atoms with van der Waals surface area (Å²) in [6.45, 7) is 2.66. The molecule has 1 aromatic heterocycles. The van der Waals surface area contributed by atoms with Gasteiger partial charge in [0.1, 0.15) is 6.04 Å². The highest BCUT2D eigenvalue weighted by molar-refractivity contribution is 5.82. The number of urea groups is 1. The zero-order chi connectivity index (χ0) is 13.5. The highest BCUT2D eigenvalue weighted by atomic mass is 16.4. The Balaban J connectivity index is 2.22. The van der Waals surface area contributed by atoms with Crippen LogP contribution >= 0.6 is 0 Å². The SMILES string of the molecule is CC(C(=O)O)N(C)C(=O)NCCCn1cccn1. The third-order valence-corrected chi connectivity index (χ3v) is 2.66. The number of carboxylic acids is 1. The Kier molecular flexibility index (Phi) is 5.16. The summed E-state index contributed by atoms with van der Waals surface area (Å²) in [4.78, 5) is 23.4. The standard InChI is InChI=1S/C11H18N4O3/c1-9(10(16)17)14(2)11(18)12-5-3-7-15-8-4-6-13-15/h4,6,8-9H,3,5,7H2,1-2H3,(H,12,18)(H,16,17). The van der Waals surface area contributed by atoms with Crippen LogP contribution in [0.3, 0.4) is 0 Å². The van der Waals surface area contributed by atoms with Crippen molar-refractivity contribution in [3.8, 4) is 0 Å². The zero-order valence-electron chi connectivity index (χ0n) is 10.5. The third-order valence-electron chi connectivity index (χ3n) is 2.66. The van der Waals surface area contributed by atoms with Gasteiger partial charge in [0.25, 0.3) is 0 Å². The minimum absolute atomic E-state index is 0.384. The van der Waals surface area contributed by atoms with Gasteiger partial charge in [0.05, 0.1) is 0 Å². The van der Waals surface area contributed by atoms with Crippen LogP contribution in [0.5, 0.6) is 0 Å². The largest absolute Gasteiger partial charge is 0.480 e. The van der Waals surface area contributed by atoms with Crippen molar-refractivity contribution in [3.05, 3.63) is 18.5 Å². The van der Waals surface area contributed by atoms with E-state index in [9.17, 15) is 9.59 Å². The molecule has 0 aliphatic carbocycles. The average molecular weight is 254 g/mol. The number of hydrogen-bond acceptors (Lipinski definition) is 3.